The Kier molecular flexibility index (Phi) is 4.13. The maximum Gasteiger partial charge on any atom is 0.0353 e. The molecule has 1 aliphatic carbocycles. The van der Waals surface area contributed by atoms with Gasteiger partial charge in [0.1, 0.15) is 0 Å². The van der Waals surface area contributed by atoms with E-state index in [9.17, 15) is 0 Å². The molecule has 2 nitrogen and oxygen atoms in total. The lowest BCUT2D eigenvalue weighted by molar-refractivity contribution is 0.516. The lowest BCUT2D eigenvalue weighted by atomic mass is 10.0. The van der Waals surface area contributed by atoms with E-state index in [2.05, 4.69) is 35.8 Å². The van der Waals surface area contributed by atoms with Crippen LogP contribution in [-0.2, 0) is 0 Å². The van der Waals surface area contributed by atoms with E-state index < -0.39 is 0 Å². The molecule has 3 heteroatoms. The molecule has 0 aliphatic heterocycles. The first-order valence-electron chi connectivity index (χ1n) is 5.94. The summed E-state index contributed by atoms with van der Waals surface area (Å²) >= 11 is 1.78. The number of nitrogens with two attached hydrogens (primary N) is 1. The van der Waals surface area contributed by atoms with Crippen molar-refractivity contribution in [2.24, 2.45) is 11.7 Å². The summed E-state index contributed by atoms with van der Waals surface area (Å²) in [5.41, 5.74) is 7.02. The first-order chi connectivity index (χ1) is 7.83. The minimum absolute atomic E-state index is 0.571. The molecule has 3 N–H and O–H groups in total. The average Bonchev–Trinajstić information content (AvgIpc) is 2.76. The molecule has 0 aromatic heterocycles. The summed E-state index contributed by atoms with van der Waals surface area (Å²) in [6.07, 6.45) is 5.95. The summed E-state index contributed by atoms with van der Waals surface area (Å²) in [5.74, 6) is 0.651. The van der Waals surface area contributed by atoms with Gasteiger partial charge in [0.25, 0.3) is 0 Å². The highest BCUT2D eigenvalue weighted by molar-refractivity contribution is 7.98. The number of rotatable bonds is 4. The Balaban J connectivity index is 2.02. The highest BCUT2D eigenvalue weighted by Crippen LogP contribution is 2.28. The Morgan fingerprint density at radius 2 is 2.31 bits per heavy atom. The molecule has 88 valence electrons. The van der Waals surface area contributed by atoms with Gasteiger partial charge in [0.2, 0.25) is 0 Å². The van der Waals surface area contributed by atoms with E-state index in [1.165, 1.54) is 29.8 Å². The smallest absolute Gasteiger partial charge is 0.0353 e. The summed E-state index contributed by atoms with van der Waals surface area (Å²) in [7, 11) is 0. The van der Waals surface area contributed by atoms with Crippen molar-refractivity contribution in [1.82, 2.24) is 0 Å². The molecule has 0 radical (unpaired) electrons. The van der Waals surface area contributed by atoms with Crippen molar-refractivity contribution in [1.29, 1.82) is 0 Å². The Morgan fingerprint density at radius 3 is 3.06 bits per heavy atom. The van der Waals surface area contributed by atoms with Crippen LogP contribution in [0.3, 0.4) is 0 Å². The number of nitrogens with one attached hydrogen (secondary N) is 1. The van der Waals surface area contributed by atoms with Crippen molar-refractivity contribution in [3.05, 3.63) is 24.3 Å². The van der Waals surface area contributed by atoms with E-state index in [0.717, 1.165) is 6.54 Å². The fraction of sp³-hybridized carbons (Fsp3) is 0.538. The molecule has 1 saturated carbocycles. The largest absolute Gasteiger partial charge is 0.382 e. The topological polar surface area (TPSA) is 38.0 Å². The van der Waals surface area contributed by atoms with E-state index in [1.54, 1.807) is 11.8 Å². The molecule has 2 unspecified atom stereocenters. The van der Waals surface area contributed by atoms with Crippen LogP contribution in [0.1, 0.15) is 19.3 Å². The molecule has 16 heavy (non-hydrogen) atoms. The van der Waals surface area contributed by atoms with Crippen LogP contribution in [0.5, 0.6) is 0 Å². The summed E-state index contributed by atoms with van der Waals surface area (Å²) in [6.45, 7) is 0.805. The quantitative estimate of drug-likeness (QED) is 0.789. The molecule has 1 aliphatic rings. The molecule has 0 amide bonds. The van der Waals surface area contributed by atoms with Gasteiger partial charge < -0.3 is 11.1 Å². The van der Waals surface area contributed by atoms with Crippen molar-refractivity contribution in [2.75, 3.05) is 18.1 Å². The van der Waals surface area contributed by atoms with Crippen molar-refractivity contribution < 1.29 is 0 Å². The summed E-state index contributed by atoms with van der Waals surface area (Å²) in [4.78, 5) is 1.31. The first-order valence-corrected chi connectivity index (χ1v) is 7.16. The van der Waals surface area contributed by atoms with Gasteiger partial charge in [-0.15, -0.1) is 11.8 Å². The summed E-state index contributed by atoms with van der Waals surface area (Å²) in [6, 6.07) is 9.19. The summed E-state index contributed by atoms with van der Waals surface area (Å²) in [5, 5.41) is 3.62. The van der Waals surface area contributed by atoms with Gasteiger partial charge in [-0.3, -0.25) is 0 Å². The van der Waals surface area contributed by atoms with Crippen LogP contribution in [0.2, 0.25) is 0 Å². The molecular formula is C13H20N2S. The molecule has 2 atom stereocenters. The third-order valence-electron chi connectivity index (χ3n) is 3.38. The standard InChI is InChI=1S/C13H20N2S/c1-16-12-6-3-5-11(8-12)15-13-7-2-4-10(13)9-14/h3,5-6,8,10,13,15H,2,4,7,9,14H2,1H3. The maximum atomic E-state index is 5.79. The van der Waals surface area contributed by atoms with Gasteiger partial charge in [0.15, 0.2) is 0 Å². The Morgan fingerprint density at radius 1 is 1.44 bits per heavy atom. The van der Waals surface area contributed by atoms with Crippen LogP contribution in [0.25, 0.3) is 0 Å². The lowest BCUT2D eigenvalue weighted by Gasteiger charge is -2.20. The van der Waals surface area contributed by atoms with E-state index in [-0.39, 0.29) is 0 Å². The van der Waals surface area contributed by atoms with Gasteiger partial charge >= 0.3 is 0 Å². The third-order valence-corrected chi connectivity index (χ3v) is 4.11. The van der Waals surface area contributed by atoms with Gasteiger partial charge in [-0.1, -0.05) is 12.5 Å². The second-order valence-corrected chi connectivity index (χ2v) is 5.29. The molecule has 0 bridgehead atoms. The highest BCUT2D eigenvalue weighted by atomic mass is 32.2. The predicted molar refractivity (Wildman–Crippen MR) is 72.0 cm³/mol. The van der Waals surface area contributed by atoms with Crippen molar-refractivity contribution >= 4 is 17.4 Å². The van der Waals surface area contributed by atoms with Crippen LogP contribution >= 0.6 is 11.8 Å². The fourth-order valence-corrected chi connectivity index (χ4v) is 2.90. The van der Waals surface area contributed by atoms with Gasteiger partial charge in [0.05, 0.1) is 0 Å². The number of anilines is 1. The molecule has 1 aromatic carbocycles. The zero-order chi connectivity index (χ0) is 11.4. The van der Waals surface area contributed by atoms with Gasteiger partial charge in [-0.2, -0.15) is 0 Å². The molecule has 1 fully saturated rings. The van der Waals surface area contributed by atoms with Crippen LogP contribution < -0.4 is 11.1 Å². The average molecular weight is 236 g/mol. The monoisotopic (exact) mass is 236 g/mol. The van der Waals surface area contributed by atoms with E-state index >= 15 is 0 Å². The minimum Gasteiger partial charge on any atom is -0.382 e. The van der Waals surface area contributed by atoms with Gasteiger partial charge in [0, 0.05) is 16.6 Å². The Hall–Kier alpha value is -0.670. The second-order valence-electron chi connectivity index (χ2n) is 4.41. The van der Waals surface area contributed by atoms with E-state index in [1.807, 2.05) is 0 Å². The van der Waals surface area contributed by atoms with Crippen LogP contribution in [-0.4, -0.2) is 18.8 Å². The Labute approximate surface area is 102 Å². The number of hydrogen-bond donors (Lipinski definition) is 2. The normalized spacial score (nSPS) is 24.6. The van der Waals surface area contributed by atoms with E-state index in [0.29, 0.717) is 12.0 Å². The van der Waals surface area contributed by atoms with Crippen LogP contribution in [0, 0.1) is 5.92 Å². The summed E-state index contributed by atoms with van der Waals surface area (Å²) < 4.78 is 0. The number of benzene rings is 1. The van der Waals surface area contributed by atoms with Gasteiger partial charge in [-0.25, -0.2) is 0 Å². The van der Waals surface area contributed by atoms with Gasteiger partial charge in [-0.05, 0) is 49.8 Å². The van der Waals surface area contributed by atoms with Crippen molar-refractivity contribution in [3.63, 3.8) is 0 Å². The zero-order valence-electron chi connectivity index (χ0n) is 9.78. The van der Waals surface area contributed by atoms with Crippen LogP contribution in [0.15, 0.2) is 29.2 Å². The molecule has 1 aromatic rings. The molecule has 0 saturated heterocycles. The Bertz CT molecular complexity index is 340. The molecule has 2 rings (SSSR count). The highest BCUT2D eigenvalue weighted by Gasteiger charge is 2.25. The second kappa shape index (κ2) is 5.60. The van der Waals surface area contributed by atoms with Crippen molar-refractivity contribution in [3.8, 4) is 0 Å². The molecule has 0 heterocycles. The maximum absolute atomic E-state index is 5.79. The number of hydrogen-bond acceptors (Lipinski definition) is 3. The zero-order valence-corrected chi connectivity index (χ0v) is 10.6. The first kappa shape index (κ1) is 11.8. The fourth-order valence-electron chi connectivity index (χ4n) is 2.44. The SMILES string of the molecule is CSc1cccc(NC2CCCC2CN)c1. The molecular weight excluding hydrogens is 216 g/mol. The third kappa shape index (κ3) is 2.71. The van der Waals surface area contributed by atoms with Crippen molar-refractivity contribution in [2.45, 2.75) is 30.2 Å². The lowest BCUT2D eigenvalue weighted by Crippen LogP contribution is -2.29. The molecule has 0 spiro atoms. The van der Waals surface area contributed by atoms with E-state index in [4.69, 9.17) is 5.73 Å². The number of thioether (sulfide) groups is 1. The minimum atomic E-state index is 0.571. The van der Waals surface area contributed by atoms with Crippen LogP contribution in [0.4, 0.5) is 5.69 Å². The predicted octanol–water partition coefficient (Wildman–Crippen LogP) is 2.95.